The third-order valence-corrected chi connectivity index (χ3v) is 6.05. The van der Waals surface area contributed by atoms with E-state index in [0.717, 1.165) is 12.1 Å². The van der Waals surface area contributed by atoms with Crippen LogP contribution in [0.1, 0.15) is 33.2 Å². The Labute approximate surface area is 244 Å². The van der Waals surface area contributed by atoms with Crippen molar-refractivity contribution in [3.63, 3.8) is 0 Å². The highest BCUT2D eigenvalue weighted by molar-refractivity contribution is 9.10. The molecule has 0 aliphatic heterocycles. The molecule has 0 amide bonds. The fourth-order valence-electron chi connectivity index (χ4n) is 3.02. The van der Waals surface area contributed by atoms with Crippen LogP contribution in [0.25, 0.3) is 0 Å². The van der Waals surface area contributed by atoms with Gasteiger partial charge >= 0.3 is 13.2 Å². The molecule has 0 bridgehead atoms. The molecule has 4 aromatic rings. The van der Waals surface area contributed by atoms with Gasteiger partial charge in [-0.15, -0.1) is 15.3 Å². The van der Waals surface area contributed by atoms with Gasteiger partial charge in [0.25, 0.3) is 0 Å². The Balaban J connectivity index is 0.000000226. The maximum absolute atomic E-state index is 13.2. The van der Waals surface area contributed by atoms with Crippen LogP contribution in [0.5, 0.6) is 11.8 Å². The smallest absolute Gasteiger partial charge is 0.388 e. The lowest BCUT2D eigenvalue weighted by molar-refractivity contribution is -0.0541. The number of ether oxygens (including phenoxy) is 2. The Kier molecular flexibility index (Phi) is 11.1. The van der Waals surface area contributed by atoms with Gasteiger partial charge in [-0.2, -0.15) is 27.9 Å². The molecule has 212 valence electrons. The first-order chi connectivity index (χ1) is 19.5. The zero-order valence-corrected chi connectivity index (χ0v) is 23.2. The molecule has 0 aliphatic carbocycles. The van der Waals surface area contributed by atoms with Gasteiger partial charge in [0.1, 0.15) is 23.2 Å². The Morgan fingerprint density at radius 1 is 0.756 bits per heavy atom. The number of benzene rings is 2. The minimum Gasteiger partial charge on any atom is -0.415 e. The third-order valence-electron chi connectivity index (χ3n) is 4.84. The van der Waals surface area contributed by atoms with E-state index in [2.05, 4.69) is 61.7 Å². The molecular formula is C25H13Br2F6N5O3. The monoisotopic (exact) mass is 703 g/mol. The first-order valence-electron chi connectivity index (χ1n) is 10.9. The quantitative estimate of drug-likeness (QED) is 0.145. The lowest BCUT2D eigenvalue weighted by Crippen LogP contribution is -2.08. The number of rotatable bonds is 8. The largest absolute Gasteiger partial charge is 0.415 e. The molecule has 0 saturated heterocycles. The van der Waals surface area contributed by atoms with Gasteiger partial charge in [0.05, 0.1) is 20.7 Å². The van der Waals surface area contributed by atoms with E-state index < -0.39 is 42.4 Å². The molecule has 0 radical (unpaired) electrons. The number of nitriles is 1. The van der Waals surface area contributed by atoms with Gasteiger partial charge < -0.3 is 9.47 Å². The Bertz CT molecular complexity index is 1540. The van der Waals surface area contributed by atoms with Crippen molar-refractivity contribution < 1.29 is 40.6 Å². The molecule has 0 N–H and O–H groups in total. The van der Waals surface area contributed by atoms with Gasteiger partial charge in [0, 0.05) is 17.7 Å². The van der Waals surface area contributed by atoms with Crippen molar-refractivity contribution >= 4 is 37.6 Å². The van der Waals surface area contributed by atoms with Crippen LogP contribution in [0.15, 0.2) is 69.6 Å². The van der Waals surface area contributed by atoms with Crippen LogP contribution >= 0.6 is 31.9 Å². The zero-order chi connectivity index (χ0) is 30.1. The van der Waals surface area contributed by atoms with Crippen LogP contribution in [-0.4, -0.2) is 39.4 Å². The lowest BCUT2D eigenvalue weighted by Gasteiger charge is -2.10. The van der Waals surface area contributed by atoms with E-state index in [4.69, 9.17) is 0 Å². The maximum atomic E-state index is 13.2. The van der Waals surface area contributed by atoms with Crippen LogP contribution in [0.3, 0.4) is 0 Å². The fraction of sp³-hybridized carbons (Fsp3) is 0.120. The normalized spacial score (nSPS) is 11.3. The van der Waals surface area contributed by atoms with Gasteiger partial charge in [-0.05, 0) is 79.9 Å². The van der Waals surface area contributed by atoms with E-state index in [1.54, 1.807) is 0 Å². The van der Waals surface area contributed by atoms with E-state index >= 15 is 0 Å². The minimum absolute atomic E-state index is 0.0647. The second-order valence-corrected chi connectivity index (χ2v) is 9.21. The maximum Gasteiger partial charge on any atom is 0.388 e. The molecule has 4 rings (SSSR count). The van der Waals surface area contributed by atoms with Crippen molar-refractivity contribution in [3.8, 4) is 17.8 Å². The highest BCUT2D eigenvalue weighted by atomic mass is 79.9. The van der Waals surface area contributed by atoms with Crippen molar-refractivity contribution in [1.29, 1.82) is 5.26 Å². The number of alkyl halides is 4. The second-order valence-electron chi connectivity index (χ2n) is 7.50. The van der Waals surface area contributed by atoms with Crippen molar-refractivity contribution in [2.75, 3.05) is 0 Å². The van der Waals surface area contributed by atoms with Crippen LogP contribution in [0.4, 0.5) is 26.3 Å². The number of hydrogen-bond acceptors (Lipinski definition) is 8. The summed E-state index contributed by atoms with van der Waals surface area (Å²) < 4.78 is 82.6. The van der Waals surface area contributed by atoms with Gasteiger partial charge in [-0.1, -0.05) is 6.07 Å². The number of ketones is 1. The van der Waals surface area contributed by atoms with Crippen molar-refractivity contribution in [2.24, 2.45) is 0 Å². The molecule has 16 heteroatoms. The van der Waals surface area contributed by atoms with Crippen molar-refractivity contribution in [3.05, 3.63) is 104 Å². The van der Waals surface area contributed by atoms with Crippen LogP contribution in [0, 0.1) is 23.0 Å². The van der Waals surface area contributed by atoms with Crippen LogP contribution in [0.2, 0.25) is 0 Å². The molecule has 2 aromatic carbocycles. The van der Waals surface area contributed by atoms with E-state index in [-0.39, 0.29) is 31.8 Å². The summed E-state index contributed by atoms with van der Waals surface area (Å²) >= 11 is 5.99. The molecule has 1 unspecified atom stereocenters. The number of carbonyl (C=O) groups excluding carboxylic acids is 1. The molecule has 8 nitrogen and oxygen atoms in total. The molecule has 2 heterocycles. The summed E-state index contributed by atoms with van der Waals surface area (Å²) in [6, 6.07) is 14.7. The summed E-state index contributed by atoms with van der Waals surface area (Å²) in [7, 11) is 0. The van der Waals surface area contributed by atoms with E-state index in [1.165, 1.54) is 48.5 Å². The van der Waals surface area contributed by atoms with Crippen molar-refractivity contribution in [2.45, 2.75) is 19.1 Å². The summed E-state index contributed by atoms with van der Waals surface area (Å²) in [6.07, 6.45) is 0. The predicted molar refractivity (Wildman–Crippen MR) is 136 cm³/mol. The SMILES string of the molecule is N#CC(c1ccc(F)c(Br)c1)c1ccc(OC(F)F)nn1.O=C(c1ccc(F)c(Br)c1)c1ccc(OC(F)F)nn1. The second kappa shape index (κ2) is 14.5. The third kappa shape index (κ3) is 8.95. The van der Waals surface area contributed by atoms with Crippen LogP contribution < -0.4 is 9.47 Å². The minimum atomic E-state index is -3.01. The topological polar surface area (TPSA) is 111 Å². The predicted octanol–water partition coefficient (Wildman–Crippen LogP) is 6.85. The summed E-state index contributed by atoms with van der Waals surface area (Å²) in [5.41, 5.74) is 0.875. The molecule has 0 fully saturated rings. The van der Waals surface area contributed by atoms with Crippen molar-refractivity contribution in [1.82, 2.24) is 20.4 Å². The number of carbonyl (C=O) groups is 1. The molecule has 41 heavy (non-hydrogen) atoms. The Morgan fingerprint density at radius 2 is 1.32 bits per heavy atom. The van der Waals surface area contributed by atoms with Gasteiger partial charge in [0.2, 0.25) is 17.5 Å². The molecule has 0 aliphatic rings. The van der Waals surface area contributed by atoms with E-state index in [9.17, 15) is 36.4 Å². The summed E-state index contributed by atoms with van der Waals surface area (Å²) in [6.45, 7) is -6.01. The molecule has 0 spiro atoms. The zero-order valence-electron chi connectivity index (χ0n) is 20.0. The first-order valence-corrected chi connectivity index (χ1v) is 12.5. The summed E-state index contributed by atoms with van der Waals surface area (Å²) in [4.78, 5) is 12.0. The number of hydrogen-bond donors (Lipinski definition) is 0. The highest BCUT2D eigenvalue weighted by Crippen LogP contribution is 2.27. The fourth-order valence-corrected chi connectivity index (χ4v) is 3.80. The van der Waals surface area contributed by atoms with E-state index in [0.29, 0.717) is 5.56 Å². The summed E-state index contributed by atoms with van der Waals surface area (Å²) in [5.74, 6) is -3.00. The van der Waals surface area contributed by atoms with E-state index in [1.807, 2.05) is 6.07 Å². The van der Waals surface area contributed by atoms with Gasteiger partial charge in [0.15, 0.2) is 0 Å². The average Bonchev–Trinajstić information content (AvgIpc) is 2.93. The highest BCUT2D eigenvalue weighted by Gasteiger charge is 2.18. The molecule has 1 atom stereocenters. The Morgan fingerprint density at radius 3 is 1.78 bits per heavy atom. The molecular weight excluding hydrogens is 692 g/mol. The van der Waals surface area contributed by atoms with Gasteiger partial charge in [-0.3, -0.25) is 4.79 Å². The van der Waals surface area contributed by atoms with Crippen LogP contribution in [-0.2, 0) is 0 Å². The molecule has 0 saturated carbocycles. The molecule has 2 aromatic heterocycles. The average molecular weight is 705 g/mol. The van der Waals surface area contributed by atoms with Gasteiger partial charge in [-0.25, -0.2) is 8.78 Å². The number of nitrogens with zero attached hydrogens (tertiary/aromatic N) is 5. The number of aromatic nitrogens is 4. The summed E-state index contributed by atoms with van der Waals surface area (Å²) in [5, 5.41) is 23.2. The lowest BCUT2D eigenvalue weighted by atomic mass is 9.97. The first kappa shape index (κ1) is 31.4. The number of halogens is 8. The Hall–Kier alpha value is -4.10. The standard InChI is InChI=1S/C13H7BrF3N3O.C12H6BrF3N2O2/c14-9-5-7(1-2-10(9)15)8(6-18)11-3-4-12(20-19-11)21-13(16)17;13-7-5-6(1-2-8(7)14)11(19)9-3-4-10(18-17-9)20-12(15)16/h1-5,8,13H;1-5,12H.